The van der Waals surface area contributed by atoms with Crippen molar-refractivity contribution in [2.24, 2.45) is 12.8 Å². The van der Waals surface area contributed by atoms with Crippen molar-refractivity contribution in [3.8, 4) is 0 Å². The van der Waals surface area contributed by atoms with Gasteiger partial charge in [-0.25, -0.2) is 0 Å². The zero-order valence-electron chi connectivity index (χ0n) is 8.58. The van der Waals surface area contributed by atoms with E-state index in [1.165, 1.54) is 7.05 Å². The zero-order chi connectivity index (χ0) is 12.5. The molecule has 0 saturated carbocycles. The number of nitrogens with two attached hydrogens (primary N) is 1. The molecule has 0 saturated heterocycles. The number of hydrogen-bond donors (Lipinski definition) is 1. The molecule has 8 heteroatoms. The average Bonchev–Trinajstić information content (AvgIpc) is 2.57. The van der Waals surface area contributed by atoms with Crippen LogP contribution >= 0.6 is 0 Å². The van der Waals surface area contributed by atoms with E-state index >= 15 is 0 Å². The smallest absolute Gasteiger partial charge is 0.435 e. The molecule has 90 valence electrons. The van der Waals surface area contributed by atoms with Crippen molar-refractivity contribution >= 4 is 5.97 Å². The largest absolute Gasteiger partial charge is 0.468 e. The van der Waals surface area contributed by atoms with E-state index in [0.717, 1.165) is 18.0 Å². The van der Waals surface area contributed by atoms with Crippen molar-refractivity contribution in [1.29, 1.82) is 0 Å². The molecule has 0 amide bonds. The van der Waals surface area contributed by atoms with Gasteiger partial charge in [0.2, 0.25) is 0 Å². The van der Waals surface area contributed by atoms with E-state index in [-0.39, 0.29) is 0 Å². The second-order valence-corrected chi connectivity index (χ2v) is 3.11. The Hall–Kier alpha value is -1.57. The van der Waals surface area contributed by atoms with E-state index in [1.807, 2.05) is 0 Å². The number of aryl methyl sites for hydroxylation is 1. The maximum absolute atomic E-state index is 12.5. The SMILES string of the molecule is COC(=O)C(N)c1cn(C)nc1C(F)(F)F. The van der Waals surface area contributed by atoms with E-state index in [9.17, 15) is 18.0 Å². The third-order valence-electron chi connectivity index (χ3n) is 1.92. The molecule has 0 aromatic carbocycles. The molecule has 1 rings (SSSR count). The fraction of sp³-hybridized carbons (Fsp3) is 0.500. The maximum Gasteiger partial charge on any atom is 0.435 e. The number of esters is 1. The summed E-state index contributed by atoms with van der Waals surface area (Å²) in [6.45, 7) is 0. The molecule has 0 fully saturated rings. The molecule has 0 aliphatic carbocycles. The Balaban J connectivity index is 3.18. The van der Waals surface area contributed by atoms with Gasteiger partial charge in [0.05, 0.1) is 7.11 Å². The topological polar surface area (TPSA) is 70.1 Å². The van der Waals surface area contributed by atoms with Gasteiger partial charge in [-0.1, -0.05) is 0 Å². The van der Waals surface area contributed by atoms with E-state index in [4.69, 9.17) is 5.73 Å². The first-order chi connectivity index (χ1) is 7.27. The van der Waals surface area contributed by atoms with Crippen LogP contribution in [-0.2, 0) is 22.8 Å². The summed E-state index contributed by atoms with van der Waals surface area (Å²) in [7, 11) is 2.36. The fourth-order valence-corrected chi connectivity index (χ4v) is 1.21. The minimum absolute atomic E-state index is 0.401. The van der Waals surface area contributed by atoms with Crippen molar-refractivity contribution in [3.05, 3.63) is 17.5 Å². The van der Waals surface area contributed by atoms with Crippen molar-refractivity contribution in [3.63, 3.8) is 0 Å². The summed E-state index contributed by atoms with van der Waals surface area (Å²) in [5, 5.41) is 3.22. The maximum atomic E-state index is 12.5. The van der Waals surface area contributed by atoms with Crippen LogP contribution in [-0.4, -0.2) is 22.9 Å². The Morgan fingerprint density at radius 2 is 2.19 bits per heavy atom. The van der Waals surface area contributed by atoms with E-state index in [2.05, 4.69) is 9.84 Å². The van der Waals surface area contributed by atoms with Gasteiger partial charge in [0, 0.05) is 18.8 Å². The highest BCUT2D eigenvalue weighted by molar-refractivity contribution is 5.77. The molecule has 0 bridgehead atoms. The monoisotopic (exact) mass is 237 g/mol. The van der Waals surface area contributed by atoms with E-state index in [1.54, 1.807) is 0 Å². The molecular weight excluding hydrogens is 227 g/mol. The minimum atomic E-state index is -4.65. The number of aromatic nitrogens is 2. The highest BCUT2D eigenvalue weighted by Gasteiger charge is 2.39. The minimum Gasteiger partial charge on any atom is -0.468 e. The predicted molar refractivity (Wildman–Crippen MR) is 47.2 cm³/mol. The highest BCUT2D eigenvalue weighted by Crippen LogP contribution is 2.32. The number of alkyl halides is 3. The van der Waals surface area contributed by atoms with Gasteiger partial charge in [-0.05, 0) is 0 Å². The lowest BCUT2D eigenvalue weighted by atomic mass is 10.1. The molecule has 0 aliphatic heterocycles. The fourth-order valence-electron chi connectivity index (χ4n) is 1.21. The first-order valence-electron chi connectivity index (χ1n) is 4.21. The summed E-state index contributed by atoms with van der Waals surface area (Å²) in [6.07, 6.45) is -3.60. The van der Waals surface area contributed by atoms with Crippen LogP contribution in [0.3, 0.4) is 0 Å². The Bertz CT molecular complexity index is 400. The van der Waals surface area contributed by atoms with Gasteiger partial charge in [0.15, 0.2) is 5.69 Å². The molecule has 1 aromatic rings. The Kier molecular flexibility index (Phi) is 3.22. The third-order valence-corrected chi connectivity index (χ3v) is 1.92. The van der Waals surface area contributed by atoms with Gasteiger partial charge in [0.1, 0.15) is 6.04 Å². The van der Waals surface area contributed by atoms with Crippen molar-refractivity contribution in [2.45, 2.75) is 12.2 Å². The number of methoxy groups -OCH3 is 1. The Morgan fingerprint density at radius 1 is 1.62 bits per heavy atom. The van der Waals surface area contributed by atoms with Crippen LogP contribution in [0.25, 0.3) is 0 Å². The lowest BCUT2D eigenvalue weighted by Crippen LogP contribution is -2.25. The number of carbonyl (C=O) groups is 1. The van der Waals surface area contributed by atoms with Crippen LogP contribution in [0.1, 0.15) is 17.3 Å². The molecule has 0 spiro atoms. The first-order valence-corrected chi connectivity index (χ1v) is 4.21. The molecule has 0 aliphatic rings. The van der Waals surface area contributed by atoms with Crippen LogP contribution in [0, 0.1) is 0 Å². The van der Waals surface area contributed by atoms with Gasteiger partial charge in [-0.15, -0.1) is 0 Å². The molecule has 1 heterocycles. The second-order valence-electron chi connectivity index (χ2n) is 3.11. The lowest BCUT2D eigenvalue weighted by molar-refractivity contribution is -0.145. The van der Waals surface area contributed by atoms with Crippen LogP contribution in [0.15, 0.2) is 6.20 Å². The van der Waals surface area contributed by atoms with E-state index in [0.29, 0.717) is 0 Å². The molecule has 1 atom stereocenters. The zero-order valence-corrected chi connectivity index (χ0v) is 8.58. The van der Waals surface area contributed by atoms with Crippen LogP contribution in [0.5, 0.6) is 0 Å². The summed E-state index contributed by atoms with van der Waals surface area (Å²) in [5.74, 6) is -0.946. The molecule has 5 nitrogen and oxygen atoms in total. The number of hydrogen-bond acceptors (Lipinski definition) is 4. The molecule has 2 N–H and O–H groups in total. The van der Waals surface area contributed by atoms with Crippen molar-refractivity contribution < 1.29 is 22.7 Å². The predicted octanol–water partition coefficient (Wildman–Crippen LogP) is 0.612. The van der Waals surface area contributed by atoms with Crippen molar-refractivity contribution in [2.75, 3.05) is 7.11 Å². The van der Waals surface area contributed by atoms with E-state index < -0.39 is 29.4 Å². The molecular formula is C8H10F3N3O2. The van der Waals surface area contributed by atoms with Crippen molar-refractivity contribution in [1.82, 2.24) is 9.78 Å². The Morgan fingerprint density at radius 3 is 2.62 bits per heavy atom. The van der Waals surface area contributed by atoms with Gasteiger partial charge in [-0.2, -0.15) is 18.3 Å². The number of carbonyl (C=O) groups excluding carboxylic acids is 1. The van der Waals surface area contributed by atoms with Crippen LogP contribution < -0.4 is 5.73 Å². The number of ether oxygens (including phenoxy) is 1. The van der Waals surface area contributed by atoms with Gasteiger partial charge < -0.3 is 10.5 Å². The summed E-state index contributed by atoms with van der Waals surface area (Å²) in [5.41, 5.74) is 3.76. The molecule has 16 heavy (non-hydrogen) atoms. The summed E-state index contributed by atoms with van der Waals surface area (Å²) >= 11 is 0. The van der Waals surface area contributed by atoms with Gasteiger partial charge in [-0.3, -0.25) is 9.48 Å². The van der Waals surface area contributed by atoms with Crippen LogP contribution in [0.4, 0.5) is 13.2 Å². The average molecular weight is 237 g/mol. The lowest BCUT2D eigenvalue weighted by Gasteiger charge is -2.10. The normalized spacial score (nSPS) is 13.6. The highest BCUT2D eigenvalue weighted by atomic mass is 19.4. The Labute approximate surface area is 89.0 Å². The third kappa shape index (κ3) is 2.32. The summed E-state index contributed by atoms with van der Waals surface area (Å²) in [6, 6.07) is -1.49. The van der Waals surface area contributed by atoms with Crippen LogP contribution in [0.2, 0.25) is 0 Å². The molecule has 1 aromatic heterocycles. The number of halogens is 3. The molecule has 0 radical (unpaired) electrons. The quantitative estimate of drug-likeness (QED) is 0.765. The number of rotatable bonds is 2. The molecule has 1 unspecified atom stereocenters. The summed E-state index contributed by atoms with van der Waals surface area (Å²) < 4.78 is 42.7. The standard InChI is InChI=1S/C8H10F3N3O2/c1-14-3-4(5(12)7(15)16-2)6(13-14)8(9,10)11/h3,5H,12H2,1-2H3. The van der Waals surface area contributed by atoms with Gasteiger partial charge >= 0.3 is 12.1 Å². The second kappa shape index (κ2) is 4.12. The first kappa shape index (κ1) is 12.5. The summed E-state index contributed by atoms with van der Waals surface area (Å²) in [4.78, 5) is 11.0. The van der Waals surface area contributed by atoms with Gasteiger partial charge in [0.25, 0.3) is 0 Å². The number of nitrogens with zero attached hydrogens (tertiary/aromatic N) is 2.